The van der Waals surface area contributed by atoms with Gasteiger partial charge in [-0.15, -0.1) is 0 Å². The van der Waals surface area contributed by atoms with Crippen LogP contribution in [-0.4, -0.2) is 35.2 Å². The van der Waals surface area contributed by atoms with E-state index in [0.717, 1.165) is 19.3 Å². The molecule has 0 saturated carbocycles. The highest BCUT2D eigenvalue weighted by molar-refractivity contribution is 5.97. The van der Waals surface area contributed by atoms with E-state index in [2.05, 4.69) is 24.1 Å². The summed E-state index contributed by atoms with van der Waals surface area (Å²) in [4.78, 5) is 24.1. The SMILES string of the molecule is CCCCC#CC=CCOc1ccc(C(=O)NC(C(=O)NO)C(C)(C)N)cc1. The Morgan fingerprint density at radius 1 is 1.32 bits per heavy atom. The average molecular weight is 387 g/mol. The number of rotatable bonds is 9. The molecule has 1 unspecified atom stereocenters. The zero-order chi connectivity index (χ0) is 21.0. The van der Waals surface area contributed by atoms with E-state index in [0.29, 0.717) is 17.9 Å². The van der Waals surface area contributed by atoms with Crippen LogP contribution in [0.4, 0.5) is 0 Å². The molecule has 5 N–H and O–H groups in total. The Morgan fingerprint density at radius 3 is 2.57 bits per heavy atom. The second-order valence-electron chi connectivity index (χ2n) is 6.87. The van der Waals surface area contributed by atoms with Crippen LogP contribution in [0, 0.1) is 11.8 Å². The van der Waals surface area contributed by atoms with Crippen LogP contribution in [0.1, 0.15) is 50.4 Å². The van der Waals surface area contributed by atoms with E-state index in [-0.39, 0.29) is 0 Å². The lowest BCUT2D eigenvalue weighted by atomic mass is 9.95. The van der Waals surface area contributed by atoms with E-state index in [1.165, 1.54) is 5.48 Å². The molecule has 0 radical (unpaired) electrons. The first kappa shape index (κ1) is 23.2. The van der Waals surface area contributed by atoms with Gasteiger partial charge in [0.25, 0.3) is 11.8 Å². The summed E-state index contributed by atoms with van der Waals surface area (Å²) in [5.41, 5.74) is 6.69. The van der Waals surface area contributed by atoms with Crippen molar-refractivity contribution in [2.75, 3.05) is 6.61 Å². The van der Waals surface area contributed by atoms with Gasteiger partial charge in [0.1, 0.15) is 18.4 Å². The van der Waals surface area contributed by atoms with Crippen LogP contribution in [0.5, 0.6) is 5.75 Å². The third-order valence-electron chi connectivity index (χ3n) is 3.81. The summed E-state index contributed by atoms with van der Waals surface area (Å²) in [5, 5.41) is 11.3. The number of carbonyl (C=O) groups is 2. The fourth-order valence-electron chi connectivity index (χ4n) is 2.22. The van der Waals surface area contributed by atoms with Crippen molar-refractivity contribution in [1.82, 2.24) is 10.8 Å². The van der Waals surface area contributed by atoms with Crippen LogP contribution in [0.2, 0.25) is 0 Å². The number of carbonyl (C=O) groups excluding carboxylic acids is 2. The van der Waals surface area contributed by atoms with Crippen LogP contribution >= 0.6 is 0 Å². The number of benzene rings is 1. The number of nitrogens with one attached hydrogen (secondary N) is 2. The number of amides is 2. The van der Waals surface area contributed by atoms with Gasteiger partial charge in [0.05, 0.1) is 0 Å². The summed E-state index contributed by atoms with van der Waals surface area (Å²) in [7, 11) is 0. The molecule has 0 saturated heterocycles. The minimum Gasteiger partial charge on any atom is -0.490 e. The van der Waals surface area contributed by atoms with Crippen LogP contribution in [0.15, 0.2) is 36.4 Å². The molecule has 1 aromatic rings. The lowest BCUT2D eigenvalue weighted by molar-refractivity contribution is -0.132. The number of nitrogens with two attached hydrogens (primary N) is 1. The Kier molecular flexibility index (Phi) is 9.79. The van der Waals surface area contributed by atoms with Crippen molar-refractivity contribution in [3.8, 4) is 17.6 Å². The first-order chi connectivity index (χ1) is 13.3. The predicted octanol–water partition coefficient (Wildman–Crippen LogP) is 2.16. The van der Waals surface area contributed by atoms with Gasteiger partial charge in [-0.25, -0.2) is 5.48 Å². The van der Waals surface area contributed by atoms with Gasteiger partial charge in [0.2, 0.25) is 0 Å². The molecular weight excluding hydrogens is 358 g/mol. The van der Waals surface area contributed by atoms with Gasteiger partial charge in [-0.1, -0.05) is 25.2 Å². The highest BCUT2D eigenvalue weighted by Gasteiger charge is 2.33. The highest BCUT2D eigenvalue weighted by Crippen LogP contribution is 2.13. The Hall–Kier alpha value is -2.82. The standard InChI is InChI=1S/C21H29N3O4/c1-4-5-6-7-8-9-10-15-28-17-13-11-16(12-14-17)19(25)23-18(20(26)24-27)21(2,3)22/h9-14,18,27H,4-6,15,22H2,1-3H3,(H,23,25)(H,24,26). The zero-order valence-electron chi connectivity index (χ0n) is 16.6. The monoisotopic (exact) mass is 387 g/mol. The molecule has 28 heavy (non-hydrogen) atoms. The largest absolute Gasteiger partial charge is 0.490 e. The minimum atomic E-state index is -1.09. The Balaban J connectivity index is 2.59. The lowest BCUT2D eigenvalue weighted by Crippen LogP contribution is -2.61. The first-order valence-electron chi connectivity index (χ1n) is 9.19. The molecule has 2 amide bonds. The third-order valence-corrected chi connectivity index (χ3v) is 3.81. The van der Waals surface area contributed by atoms with Crippen LogP contribution < -0.4 is 21.3 Å². The van der Waals surface area contributed by atoms with E-state index < -0.39 is 23.4 Å². The first-order valence-corrected chi connectivity index (χ1v) is 9.19. The molecule has 0 fully saturated rings. The summed E-state index contributed by atoms with van der Waals surface area (Å²) in [5.74, 6) is 5.33. The van der Waals surface area contributed by atoms with Gasteiger partial charge in [0, 0.05) is 17.5 Å². The number of hydroxylamine groups is 1. The Morgan fingerprint density at radius 2 is 2.00 bits per heavy atom. The summed E-state index contributed by atoms with van der Waals surface area (Å²) in [6.07, 6.45) is 6.72. The van der Waals surface area contributed by atoms with Crippen LogP contribution in [-0.2, 0) is 4.79 Å². The molecule has 0 aromatic heterocycles. The van der Waals surface area contributed by atoms with Crippen molar-refractivity contribution in [2.24, 2.45) is 5.73 Å². The average Bonchev–Trinajstić information content (AvgIpc) is 2.67. The predicted molar refractivity (Wildman–Crippen MR) is 108 cm³/mol. The number of allylic oxidation sites excluding steroid dienone is 1. The maximum absolute atomic E-state index is 12.3. The van der Waals surface area contributed by atoms with Gasteiger partial charge in [-0.05, 0) is 56.7 Å². The van der Waals surface area contributed by atoms with Crippen molar-refractivity contribution in [3.63, 3.8) is 0 Å². The third kappa shape index (κ3) is 8.25. The molecule has 1 rings (SSSR count). The zero-order valence-corrected chi connectivity index (χ0v) is 16.6. The molecule has 152 valence electrons. The normalized spacial score (nSPS) is 12.0. The molecule has 7 heteroatoms. The number of unbranched alkanes of at least 4 members (excludes halogenated alkanes) is 2. The van der Waals surface area contributed by atoms with Gasteiger partial charge in [-0.2, -0.15) is 0 Å². The van der Waals surface area contributed by atoms with Gasteiger partial charge >= 0.3 is 0 Å². The molecule has 0 aliphatic heterocycles. The summed E-state index contributed by atoms with van der Waals surface area (Å²) >= 11 is 0. The molecule has 0 bridgehead atoms. The van der Waals surface area contributed by atoms with E-state index in [1.54, 1.807) is 44.2 Å². The topological polar surface area (TPSA) is 114 Å². The number of hydrogen-bond acceptors (Lipinski definition) is 5. The lowest BCUT2D eigenvalue weighted by Gasteiger charge is -2.29. The van der Waals surface area contributed by atoms with Crippen LogP contribution in [0.3, 0.4) is 0 Å². The molecule has 0 aliphatic carbocycles. The minimum absolute atomic E-state index is 0.338. The second-order valence-corrected chi connectivity index (χ2v) is 6.87. The quantitative estimate of drug-likeness (QED) is 0.224. The van der Waals surface area contributed by atoms with Crippen molar-refractivity contribution in [2.45, 2.75) is 51.6 Å². The Labute approximate surface area is 166 Å². The number of ether oxygens (including phenoxy) is 1. The number of hydrogen-bond donors (Lipinski definition) is 4. The summed E-state index contributed by atoms with van der Waals surface area (Å²) in [6, 6.07) is 5.38. The van der Waals surface area contributed by atoms with Gasteiger partial charge in [-0.3, -0.25) is 14.8 Å². The molecule has 0 aliphatic rings. The van der Waals surface area contributed by atoms with E-state index >= 15 is 0 Å². The Bertz CT molecular complexity index is 725. The molecule has 7 nitrogen and oxygen atoms in total. The highest BCUT2D eigenvalue weighted by atomic mass is 16.5. The van der Waals surface area contributed by atoms with E-state index in [4.69, 9.17) is 15.7 Å². The molecule has 0 spiro atoms. The van der Waals surface area contributed by atoms with E-state index in [9.17, 15) is 9.59 Å². The molecule has 1 atom stereocenters. The maximum atomic E-state index is 12.3. The summed E-state index contributed by atoms with van der Waals surface area (Å²) < 4.78 is 5.56. The van der Waals surface area contributed by atoms with Crippen LogP contribution in [0.25, 0.3) is 0 Å². The van der Waals surface area contributed by atoms with Crippen molar-refractivity contribution >= 4 is 11.8 Å². The van der Waals surface area contributed by atoms with Crippen molar-refractivity contribution < 1.29 is 19.5 Å². The van der Waals surface area contributed by atoms with Crippen molar-refractivity contribution in [3.05, 3.63) is 42.0 Å². The summed E-state index contributed by atoms with van der Waals surface area (Å²) in [6.45, 7) is 5.65. The fourth-order valence-corrected chi connectivity index (χ4v) is 2.22. The molecular formula is C21H29N3O4. The van der Waals surface area contributed by atoms with Gasteiger partial charge in [0.15, 0.2) is 0 Å². The molecule has 1 aromatic carbocycles. The van der Waals surface area contributed by atoms with E-state index in [1.807, 2.05) is 6.08 Å². The molecule has 0 heterocycles. The fraction of sp³-hybridized carbons (Fsp3) is 0.429. The second kappa shape index (κ2) is 11.8. The van der Waals surface area contributed by atoms with Crippen molar-refractivity contribution in [1.29, 1.82) is 0 Å². The smallest absolute Gasteiger partial charge is 0.267 e. The maximum Gasteiger partial charge on any atom is 0.267 e. The van der Waals surface area contributed by atoms with Gasteiger partial charge < -0.3 is 15.8 Å².